The number of benzene rings is 3. The van der Waals surface area contributed by atoms with E-state index in [-0.39, 0.29) is 0 Å². The van der Waals surface area contributed by atoms with Crippen LogP contribution in [0.2, 0.25) is 0 Å². The Morgan fingerprint density at radius 1 is 0.733 bits per heavy atom. The number of fused-ring (bicyclic) bond motifs is 2. The minimum Gasteiger partial charge on any atom is -0.379 e. The molecule has 1 saturated heterocycles. The lowest BCUT2D eigenvalue weighted by atomic mass is 10.1. The highest BCUT2D eigenvalue weighted by atomic mass is 16.5. The fourth-order valence-electron chi connectivity index (χ4n) is 4.39. The molecule has 4 aromatic rings. The first-order chi connectivity index (χ1) is 14.9. The summed E-state index contributed by atoms with van der Waals surface area (Å²) in [4.78, 5) is 2.48. The summed E-state index contributed by atoms with van der Waals surface area (Å²) in [5.74, 6) is 0. The molecule has 0 aliphatic carbocycles. The van der Waals surface area contributed by atoms with Crippen LogP contribution in [0.4, 0.5) is 0 Å². The molecule has 0 spiro atoms. The summed E-state index contributed by atoms with van der Waals surface area (Å²) in [7, 11) is 0. The molecule has 30 heavy (non-hydrogen) atoms. The second-order valence-corrected chi connectivity index (χ2v) is 7.95. The molecule has 0 bridgehead atoms. The van der Waals surface area contributed by atoms with E-state index in [0.717, 1.165) is 39.4 Å². The van der Waals surface area contributed by atoms with Crippen LogP contribution < -0.4 is 0 Å². The SMILES string of the molecule is c1ccc2c(COCc3cn(CCN4CCOCC4)c4ccccc34)cccc2c1. The van der Waals surface area contributed by atoms with Crippen molar-refractivity contribution in [2.45, 2.75) is 19.8 Å². The van der Waals surface area contributed by atoms with Gasteiger partial charge < -0.3 is 14.0 Å². The van der Waals surface area contributed by atoms with Gasteiger partial charge in [0.2, 0.25) is 0 Å². The number of rotatable bonds is 7. The van der Waals surface area contributed by atoms with Crippen LogP contribution in [0.3, 0.4) is 0 Å². The molecular formula is C26H28N2O2. The Bertz CT molecular complexity index is 1120. The summed E-state index contributed by atoms with van der Waals surface area (Å²) in [6.45, 7) is 7.03. The predicted molar refractivity (Wildman–Crippen MR) is 122 cm³/mol. The van der Waals surface area contributed by atoms with Gasteiger partial charge >= 0.3 is 0 Å². The topological polar surface area (TPSA) is 26.6 Å². The predicted octanol–water partition coefficient (Wildman–Crippen LogP) is 4.84. The van der Waals surface area contributed by atoms with Crippen molar-refractivity contribution in [3.8, 4) is 0 Å². The minimum absolute atomic E-state index is 0.619. The fraction of sp³-hybridized carbons (Fsp3) is 0.308. The highest BCUT2D eigenvalue weighted by Crippen LogP contribution is 2.24. The van der Waals surface area contributed by atoms with Crippen LogP contribution in [0.15, 0.2) is 72.9 Å². The zero-order chi connectivity index (χ0) is 20.2. The van der Waals surface area contributed by atoms with Crippen molar-refractivity contribution in [3.05, 3.63) is 84.1 Å². The number of hydrogen-bond acceptors (Lipinski definition) is 3. The van der Waals surface area contributed by atoms with Crippen molar-refractivity contribution >= 4 is 21.7 Å². The van der Waals surface area contributed by atoms with Gasteiger partial charge in [-0.3, -0.25) is 4.90 Å². The quantitative estimate of drug-likeness (QED) is 0.444. The Labute approximate surface area is 177 Å². The lowest BCUT2D eigenvalue weighted by molar-refractivity contribution is 0.0365. The number of ether oxygens (including phenoxy) is 2. The molecule has 0 radical (unpaired) electrons. The van der Waals surface area contributed by atoms with Gasteiger partial charge in [-0.05, 0) is 22.4 Å². The molecule has 0 atom stereocenters. The Hall–Kier alpha value is -2.66. The zero-order valence-electron chi connectivity index (χ0n) is 17.3. The molecular weight excluding hydrogens is 372 g/mol. The van der Waals surface area contributed by atoms with Crippen LogP contribution in [0.25, 0.3) is 21.7 Å². The molecule has 0 saturated carbocycles. The van der Waals surface area contributed by atoms with Gasteiger partial charge in [0.1, 0.15) is 0 Å². The summed E-state index contributed by atoms with van der Waals surface area (Å²) in [6.07, 6.45) is 2.27. The van der Waals surface area contributed by atoms with Crippen LogP contribution in [0.5, 0.6) is 0 Å². The lowest BCUT2D eigenvalue weighted by Gasteiger charge is -2.26. The molecule has 1 aliphatic rings. The monoisotopic (exact) mass is 400 g/mol. The minimum atomic E-state index is 0.619. The summed E-state index contributed by atoms with van der Waals surface area (Å²) in [6, 6.07) is 23.6. The third kappa shape index (κ3) is 4.12. The van der Waals surface area contributed by atoms with Gasteiger partial charge in [0.25, 0.3) is 0 Å². The number of aromatic nitrogens is 1. The fourth-order valence-corrected chi connectivity index (χ4v) is 4.39. The van der Waals surface area contributed by atoms with E-state index in [1.165, 1.54) is 32.8 Å². The normalized spacial score (nSPS) is 15.2. The average molecular weight is 401 g/mol. The Kier molecular flexibility index (Phi) is 5.80. The lowest BCUT2D eigenvalue weighted by Crippen LogP contribution is -2.38. The molecule has 3 aromatic carbocycles. The van der Waals surface area contributed by atoms with Crippen molar-refractivity contribution in [2.75, 3.05) is 32.8 Å². The van der Waals surface area contributed by atoms with Crippen molar-refractivity contribution in [3.63, 3.8) is 0 Å². The number of nitrogens with zero attached hydrogens (tertiary/aromatic N) is 2. The van der Waals surface area contributed by atoms with Crippen molar-refractivity contribution in [1.29, 1.82) is 0 Å². The maximum absolute atomic E-state index is 6.19. The van der Waals surface area contributed by atoms with Crippen molar-refractivity contribution < 1.29 is 9.47 Å². The van der Waals surface area contributed by atoms with Gasteiger partial charge in [-0.2, -0.15) is 0 Å². The summed E-state index contributed by atoms with van der Waals surface area (Å²) >= 11 is 0. The van der Waals surface area contributed by atoms with E-state index in [1.54, 1.807) is 0 Å². The van der Waals surface area contributed by atoms with Crippen molar-refractivity contribution in [1.82, 2.24) is 9.47 Å². The largest absolute Gasteiger partial charge is 0.379 e. The molecule has 1 fully saturated rings. The first kappa shape index (κ1) is 19.3. The van der Waals surface area contributed by atoms with Gasteiger partial charge in [-0.1, -0.05) is 60.7 Å². The molecule has 0 N–H and O–H groups in total. The van der Waals surface area contributed by atoms with E-state index in [2.05, 4.69) is 82.4 Å². The maximum atomic E-state index is 6.19. The van der Waals surface area contributed by atoms with Gasteiger partial charge in [-0.15, -0.1) is 0 Å². The molecule has 5 rings (SSSR count). The van der Waals surface area contributed by atoms with Gasteiger partial charge in [0.15, 0.2) is 0 Å². The third-order valence-corrected chi connectivity index (χ3v) is 6.03. The van der Waals surface area contributed by atoms with Crippen LogP contribution in [-0.2, 0) is 29.2 Å². The first-order valence-electron chi connectivity index (χ1n) is 10.8. The maximum Gasteiger partial charge on any atom is 0.0742 e. The second kappa shape index (κ2) is 9.00. The Morgan fingerprint density at radius 3 is 2.37 bits per heavy atom. The van der Waals surface area contributed by atoms with Gasteiger partial charge in [0, 0.05) is 48.8 Å². The number of morpholine rings is 1. The van der Waals surface area contributed by atoms with E-state index in [9.17, 15) is 0 Å². The molecule has 4 heteroatoms. The highest BCUT2D eigenvalue weighted by molar-refractivity contribution is 5.85. The Morgan fingerprint density at radius 2 is 1.47 bits per heavy atom. The smallest absolute Gasteiger partial charge is 0.0742 e. The van der Waals surface area contributed by atoms with E-state index >= 15 is 0 Å². The summed E-state index contributed by atoms with van der Waals surface area (Å²) in [5, 5.41) is 3.82. The van der Waals surface area contributed by atoms with Gasteiger partial charge in [-0.25, -0.2) is 0 Å². The molecule has 2 heterocycles. The highest BCUT2D eigenvalue weighted by Gasteiger charge is 2.13. The molecule has 154 valence electrons. The van der Waals surface area contributed by atoms with Gasteiger partial charge in [0.05, 0.1) is 26.4 Å². The van der Waals surface area contributed by atoms with E-state index in [0.29, 0.717) is 13.2 Å². The molecule has 1 aromatic heterocycles. The molecule has 0 unspecified atom stereocenters. The number of hydrogen-bond donors (Lipinski definition) is 0. The van der Waals surface area contributed by atoms with Crippen LogP contribution >= 0.6 is 0 Å². The number of para-hydroxylation sites is 1. The molecule has 4 nitrogen and oxygen atoms in total. The Balaban J connectivity index is 1.29. The summed E-state index contributed by atoms with van der Waals surface area (Å²) in [5.41, 5.74) is 3.78. The summed E-state index contributed by atoms with van der Waals surface area (Å²) < 4.78 is 14.0. The molecule has 1 aliphatic heterocycles. The van der Waals surface area contributed by atoms with E-state index < -0.39 is 0 Å². The third-order valence-electron chi connectivity index (χ3n) is 6.03. The van der Waals surface area contributed by atoms with Crippen molar-refractivity contribution in [2.24, 2.45) is 0 Å². The van der Waals surface area contributed by atoms with E-state index in [4.69, 9.17) is 9.47 Å². The molecule has 0 amide bonds. The second-order valence-electron chi connectivity index (χ2n) is 7.95. The van der Waals surface area contributed by atoms with E-state index in [1.807, 2.05) is 0 Å². The van der Waals surface area contributed by atoms with Crippen LogP contribution in [0.1, 0.15) is 11.1 Å². The zero-order valence-corrected chi connectivity index (χ0v) is 17.3. The standard InChI is InChI=1S/C26H28N2O2/c1-2-9-24-21(6-1)7-5-8-22(24)19-30-20-23-18-28(26-11-4-3-10-25(23)26)13-12-27-14-16-29-17-15-27/h1-11,18H,12-17,19-20H2. The van der Waals surface area contributed by atoms with Crippen LogP contribution in [0, 0.1) is 0 Å². The van der Waals surface area contributed by atoms with Crippen LogP contribution in [-0.4, -0.2) is 42.3 Å². The first-order valence-corrected chi connectivity index (χ1v) is 10.8. The average Bonchev–Trinajstić information content (AvgIpc) is 3.16.